The van der Waals surface area contributed by atoms with Crippen molar-refractivity contribution >= 4 is 0 Å². The van der Waals surface area contributed by atoms with Crippen LogP contribution in [-0.4, -0.2) is 54.3 Å². The Labute approximate surface area is 102 Å². The van der Waals surface area contributed by atoms with E-state index in [0.717, 1.165) is 44.3 Å². The Morgan fingerprint density at radius 2 is 2.47 bits per heavy atom. The first-order valence-corrected chi connectivity index (χ1v) is 6.03. The molecule has 5 nitrogen and oxygen atoms in total. The lowest BCUT2D eigenvalue weighted by atomic mass is 10.3. The van der Waals surface area contributed by atoms with Crippen LogP contribution in [0.1, 0.15) is 11.5 Å². The molecule has 0 aliphatic carbocycles. The standard InChI is InChI=1S/C12H20N4O/c1-10-14-4-3-11(15-10)7-13-8-12-9-16(2)5-6-17-12/h3-4,12-13H,5-9H2,1-2H3. The van der Waals surface area contributed by atoms with Crippen molar-refractivity contribution in [1.82, 2.24) is 20.2 Å². The Kier molecular flexibility index (Phi) is 4.42. The van der Waals surface area contributed by atoms with E-state index in [2.05, 4.69) is 27.2 Å². The van der Waals surface area contributed by atoms with Gasteiger partial charge in [-0.1, -0.05) is 0 Å². The molecule has 1 unspecified atom stereocenters. The molecule has 0 bridgehead atoms. The average Bonchev–Trinajstić information content (AvgIpc) is 2.29. The lowest BCUT2D eigenvalue weighted by Gasteiger charge is -2.30. The highest BCUT2D eigenvalue weighted by Gasteiger charge is 2.16. The van der Waals surface area contributed by atoms with Gasteiger partial charge in [-0.2, -0.15) is 0 Å². The van der Waals surface area contributed by atoms with E-state index >= 15 is 0 Å². The normalized spacial score (nSPS) is 21.6. The first-order chi connectivity index (χ1) is 8.24. The number of rotatable bonds is 4. The van der Waals surface area contributed by atoms with Gasteiger partial charge in [-0.25, -0.2) is 9.97 Å². The number of likely N-dealkylation sites (N-methyl/N-ethyl adjacent to an activating group) is 1. The van der Waals surface area contributed by atoms with E-state index in [1.54, 1.807) is 6.20 Å². The molecule has 2 rings (SSSR count). The summed E-state index contributed by atoms with van der Waals surface area (Å²) < 4.78 is 5.67. The third-order valence-electron chi connectivity index (χ3n) is 2.85. The fraction of sp³-hybridized carbons (Fsp3) is 0.667. The zero-order valence-corrected chi connectivity index (χ0v) is 10.5. The van der Waals surface area contributed by atoms with Gasteiger partial charge in [-0.05, 0) is 20.0 Å². The van der Waals surface area contributed by atoms with Crippen molar-refractivity contribution < 1.29 is 4.74 Å². The summed E-state index contributed by atoms with van der Waals surface area (Å²) in [4.78, 5) is 10.7. The minimum Gasteiger partial charge on any atom is -0.374 e. The molecule has 5 heteroatoms. The number of hydrogen-bond donors (Lipinski definition) is 1. The van der Waals surface area contributed by atoms with Crippen LogP contribution in [-0.2, 0) is 11.3 Å². The zero-order valence-electron chi connectivity index (χ0n) is 10.5. The molecule has 17 heavy (non-hydrogen) atoms. The van der Waals surface area contributed by atoms with E-state index in [9.17, 15) is 0 Å². The third-order valence-corrected chi connectivity index (χ3v) is 2.85. The number of nitrogens with zero attached hydrogens (tertiary/aromatic N) is 3. The molecule has 1 N–H and O–H groups in total. The highest BCUT2D eigenvalue weighted by Crippen LogP contribution is 2.02. The molecule has 94 valence electrons. The van der Waals surface area contributed by atoms with E-state index < -0.39 is 0 Å². The molecule has 1 aromatic heterocycles. The van der Waals surface area contributed by atoms with Crippen molar-refractivity contribution in [1.29, 1.82) is 0 Å². The Hall–Kier alpha value is -1.04. The molecule has 2 heterocycles. The van der Waals surface area contributed by atoms with Crippen LogP contribution < -0.4 is 5.32 Å². The predicted molar refractivity (Wildman–Crippen MR) is 65.7 cm³/mol. The van der Waals surface area contributed by atoms with Crippen LogP contribution >= 0.6 is 0 Å². The van der Waals surface area contributed by atoms with E-state index in [0.29, 0.717) is 0 Å². The minimum atomic E-state index is 0.289. The molecular weight excluding hydrogens is 216 g/mol. The lowest BCUT2D eigenvalue weighted by molar-refractivity contribution is -0.0182. The molecule has 1 saturated heterocycles. The van der Waals surface area contributed by atoms with Crippen LogP contribution in [0.25, 0.3) is 0 Å². The minimum absolute atomic E-state index is 0.289. The molecular formula is C12H20N4O. The van der Waals surface area contributed by atoms with Gasteiger partial charge < -0.3 is 15.0 Å². The van der Waals surface area contributed by atoms with Crippen LogP contribution in [0.4, 0.5) is 0 Å². The number of ether oxygens (including phenoxy) is 1. The molecule has 0 saturated carbocycles. The number of aryl methyl sites for hydroxylation is 1. The van der Waals surface area contributed by atoms with Gasteiger partial charge in [0.15, 0.2) is 0 Å². The summed E-state index contributed by atoms with van der Waals surface area (Å²) in [6.07, 6.45) is 2.08. The Balaban J connectivity index is 1.72. The summed E-state index contributed by atoms with van der Waals surface area (Å²) in [6, 6.07) is 1.94. The number of hydrogen-bond acceptors (Lipinski definition) is 5. The second kappa shape index (κ2) is 6.05. The molecule has 0 amide bonds. The van der Waals surface area contributed by atoms with Gasteiger partial charge in [-0.3, -0.25) is 0 Å². The van der Waals surface area contributed by atoms with Crippen LogP contribution in [0.15, 0.2) is 12.3 Å². The maximum absolute atomic E-state index is 5.67. The summed E-state index contributed by atoms with van der Waals surface area (Å²) in [6.45, 7) is 6.40. The molecule has 0 aromatic carbocycles. The molecule has 1 aliphatic heterocycles. The van der Waals surface area contributed by atoms with Gasteiger partial charge >= 0.3 is 0 Å². The first-order valence-electron chi connectivity index (χ1n) is 6.03. The fourth-order valence-electron chi connectivity index (χ4n) is 1.96. The molecule has 1 fully saturated rings. The van der Waals surface area contributed by atoms with Crippen molar-refractivity contribution in [2.24, 2.45) is 0 Å². The fourth-order valence-corrected chi connectivity index (χ4v) is 1.96. The van der Waals surface area contributed by atoms with Gasteiger partial charge in [0.25, 0.3) is 0 Å². The van der Waals surface area contributed by atoms with Crippen molar-refractivity contribution in [2.45, 2.75) is 19.6 Å². The van der Waals surface area contributed by atoms with Crippen molar-refractivity contribution in [3.05, 3.63) is 23.8 Å². The number of aromatic nitrogens is 2. The SMILES string of the molecule is Cc1nccc(CNCC2CN(C)CCO2)n1. The van der Waals surface area contributed by atoms with Crippen LogP contribution in [0.5, 0.6) is 0 Å². The predicted octanol–water partition coefficient (Wildman–Crippen LogP) is 0.205. The van der Waals surface area contributed by atoms with Crippen molar-refractivity contribution in [2.75, 3.05) is 33.3 Å². The lowest BCUT2D eigenvalue weighted by Crippen LogP contribution is -2.44. The summed E-state index contributed by atoms with van der Waals surface area (Å²) in [5.41, 5.74) is 1.03. The molecule has 1 aliphatic rings. The summed E-state index contributed by atoms with van der Waals surface area (Å²) in [5.74, 6) is 0.818. The summed E-state index contributed by atoms with van der Waals surface area (Å²) >= 11 is 0. The Morgan fingerprint density at radius 1 is 1.59 bits per heavy atom. The second-order valence-electron chi connectivity index (χ2n) is 4.48. The highest BCUT2D eigenvalue weighted by atomic mass is 16.5. The van der Waals surface area contributed by atoms with E-state index in [1.807, 2.05) is 13.0 Å². The number of nitrogens with one attached hydrogen (secondary N) is 1. The van der Waals surface area contributed by atoms with Gasteiger partial charge in [-0.15, -0.1) is 0 Å². The van der Waals surface area contributed by atoms with E-state index in [4.69, 9.17) is 4.74 Å². The maximum Gasteiger partial charge on any atom is 0.125 e. The first kappa shape index (κ1) is 12.4. The molecule has 0 radical (unpaired) electrons. The largest absolute Gasteiger partial charge is 0.374 e. The summed E-state index contributed by atoms with van der Waals surface area (Å²) in [7, 11) is 2.13. The van der Waals surface area contributed by atoms with Gasteiger partial charge in [0.2, 0.25) is 0 Å². The molecule has 1 aromatic rings. The quantitative estimate of drug-likeness (QED) is 0.809. The highest BCUT2D eigenvalue weighted by molar-refractivity contribution is 5.01. The van der Waals surface area contributed by atoms with Gasteiger partial charge in [0.1, 0.15) is 5.82 Å². The Morgan fingerprint density at radius 3 is 3.24 bits per heavy atom. The smallest absolute Gasteiger partial charge is 0.125 e. The molecule has 1 atom stereocenters. The third kappa shape index (κ3) is 4.03. The van der Waals surface area contributed by atoms with Crippen LogP contribution in [0.2, 0.25) is 0 Å². The molecule has 0 spiro atoms. The van der Waals surface area contributed by atoms with Gasteiger partial charge in [0.05, 0.1) is 18.4 Å². The van der Waals surface area contributed by atoms with E-state index in [1.165, 1.54) is 0 Å². The maximum atomic E-state index is 5.67. The number of morpholine rings is 1. The van der Waals surface area contributed by atoms with Crippen LogP contribution in [0.3, 0.4) is 0 Å². The Bertz CT molecular complexity index is 358. The monoisotopic (exact) mass is 236 g/mol. The van der Waals surface area contributed by atoms with Crippen molar-refractivity contribution in [3.63, 3.8) is 0 Å². The topological polar surface area (TPSA) is 50.3 Å². The second-order valence-corrected chi connectivity index (χ2v) is 4.48. The van der Waals surface area contributed by atoms with E-state index in [-0.39, 0.29) is 6.10 Å². The average molecular weight is 236 g/mol. The zero-order chi connectivity index (χ0) is 12.1. The van der Waals surface area contributed by atoms with Crippen molar-refractivity contribution in [3.8, 4) is 0 Å². The summed E-state index contributed by atoms with van der Waals surface area (Å²) in [5, 5.41) is 3.38. The van der Waals surface area contributed by atoms with Gasteiger partial charge in [0, 0.05) is 32.4 Å². The van der Waals surface area contributed by atoms with Crippen LogP contribution in [0, 0.1) is 6.92 Å².